The number of nitrogens with zero attached hydrogens (tertiary/aromatic N) is 4. The van der Waals surface area contributed by atoms with Gasteiger partial charge in [-0.15, -0.1) is 0 Å². The van der Waals surface area contributed by atoms with Gasteiger partial charge < -0.3 is 9.47 Å². The minimum absolute atomic E-state index is 0.0274. The van der Waals surface area contributed by atoms with Crippen molar-refractivity contribution in [2.24, 2.45) is 5.92 Å². The first-order valence-electron chi connectivity index (χ1n) is 14.5. The quantitative estimate of drug-likeness (QED) is 0.140. The molecule has 1 aromatic heterocycles. The summed E-state index contributed by atoms with van der Waals surface area (Å²) < 4.78 is 53.0. The zero-order chi connectivity index (χ0) is 31.9. The lowest BCUT2D eigenvalue weighted by Crippen LogP contribution is -2.35. The molecule has 0 bridgehead atoms. The van der Waals surface area contributed by atoms with Gasteiger partial charge in [0.05, 0.1) is 47.6 Å². The fourth-order valence-electron chi connectivity index (χ4n) is 5.34. The van der Waals surface area contributed by atoms with Crippen LogP contribution in [-0.2, 0) is 32.6 Å². The van der Waals surface area contributed by atoms with Crippen LogP contribution in [-0.4, -0.2) is 54.2 Å². The number of aromatic nitrogens is 2. The molecule has 0 aliphatic carbocycles. The van der Waals surface area contributed by atoms with Gasteiger partial charge >= 0.3 is 5.97 Å². The number of allylic oxidation sites excluding steroid dienone is 4. The summed E-state index contributed by atoms with van der Waals surface area (Å²) in [6, 6.07) is 11.0. The first-order valence-corrected chi connectivity index (χ1v) is 16.1. The lowest BCUT2D eigenvalue weighted by atomic mass is 9.88. The number of carbonyl (C=O) groups is 1. The third-order valence-corrected chi connectivity index (χ3v) is 9.56. The minimum atomic E-state index is -3.71. The van der Waals surface area contributed by atoms with Crippen molar-refractivity contribution in [3.8, 4) is 6.07 Å². The number of fused-ring (bicyclic) bond motifs is 1. The molecule has 0 atom stereocenters. The van der Waals surface area contributed by atoms with E-state index < -0.39 is 21.8 Å². The van der Waals surface area contributed by atoms with Crippen LogP contribution in [0.25, 0.3) is 11.0 Å². The second-order valence-electron chi connectivity index (χ2n) is 10.6. The van der Waals surface area contributed by atoms with Gasteiger partial charge in [0.1, 0.15) is 24.0 Å². The summed E-state index contributed by atoms with van der Waals surface area (Å²) in [4.78, 5) is 19.0. The van der Waals surface area contributed by atoms with Gasteiger partial charge in [-0.2, -0.15) is 5.26 Å². The number of rotatable bonds is 12. The van der Waals surface area contributed by atoms with Crippen molar-refractivity contribution in [3.63, 3.8) is 0 Å². The number of ether oxygens (including phenoxy) is 2. The largest absolute Gasteiger partial charge is 0.489 e. The van der Waals surface area contributed by atoms with Crippen molar-refractivity contribution >= 4 is 27.0 Å². The molecular weight excluding hydrogens is 583 g/mol. The van der Waals surface area contributed by atoms with Crippen molar-refractivity contribution in [2.45, 2.75) is 46.3 Å². The Morgan fingerprint density at radius 3 is 2.59 bits per heavy atom. The van der Waals surface area contributed by atoms with Crippen molar-refractivity contribution in [1.82, 2.24) is 13.9 Å². The molecular formula is C33H37FN4O5S. The Labute approximate surface area is 258 Å². The van der Waals surface area contributed by atoms with Gasteiger partial charge in [-0.05, 0) is 93.3 Å². The number of benzene rings is 2. The normalized spacial score (nSPS) is 15.2. The molecule has 0 N–H and O–H groups in total. The van der Waals surface area contributed by atoms with Crippen LogP contribution < -0.4 is 0 Å². The van der Waals surface area contributed by atoms with Gasteiger partial charge in [0, 0.05) is 5.56 Å². The second-order valence-corrected chi connectivity index (χ2v) is 12.5. The summed E-state index contributed by atoms with van der Waals surface area (Å²) in [7, 11) is -2.42. The van der Waals surface area contributed by atoms with E-state index in [4.69, 9.17) is 14.7 Å². The number of imidazole rings is 1. The Bertz CT molecular complexity index is 1750. The van der Waals surface area contributed by atoms with E-state index in [1.807, 2.05) is 31.2 Å². The maximum absolute atomic E-state index is 14.3. The molecule has 0 amide bonds. The molecule has 9 nitrogen and oxygen atoms in total. The highest BCUT2D eigenvalue weighted by Gasteiger charge is 2.27. The number of methoxy groups -OCH3 is 1. The van der Waals surface area contributed by atoms with Crippen molar-refractivity contribution < 1.29 is 27.1 Å². The van der Waals surface area contributed by atoms with Crippen molar-refractivity contribution in [3.05, 3.63) is 101 Å². The van der Waals surface area contributed by atoms with E-state index in [1.54, 1.807) is 31.2 Å². The highest BCUT2D eigenvalue weighted by atomic mass is 32.2. The standard InChI is InChI=1S/C33H37FN4O5S/c1-5-16-44(40,41)38-31-19-26(33(39)42-4)10-11-30(31)36-32(38)21-37-14-12-25(13-15-37)24(6-2)18-28(7-3)43-22-27-9-8-23(20-35)17-29(27)34/h6-11,17-19,25H,2,5,12-16,21-22H2,1,3-4H3/b24-18+,28-7+. The summed E-state index contributed by atoms with van der Waals surface area (Å²) in [5, 5.41) is 8.96. The molecule has 0 unspecified atom stereocenters. The fraction of sp³-hybridized carbons (Fsp3) is 0.364. The van der Waals surface area contributed by atoms with Gasteiger partial charge in [-0.1, -0.05) is 25.6 Å². The monoisotopic (exact) mass is 620 g/mol. The summed E-state index contributed by atoms with van der Waals surface area (Å²) in [6.07, 6.45) is 7.62. The van der Waals surface area contributed by atoms with Crippen LogP contribution in [0.5, 0.6) is 0 Å². The zero-order valence-corrected chi connectivity index (χ0v) is 26.1. The molecule has 2 aromatic carbocycles. The zero-order valence-electron chi connectivity index (χ0n) is 25.3. The summed E-state index contributed by atoms with van der Waals surface area (Å²) >= 11 is 0. The number of hydrogen-bond donors (Lipinski definition) is 0. The molecule has 1 aliphatic rings. The molecule has 0 radical (unpaired) electrons. The molecule has 1 aliphatic heterocycles. The van der Waals surface area contributed by atoms with E-state index in [0.717, 1.165) is 18.4 Å². The number of piperidine rings is 1. The van der Waals surface area contributed by atoms with Crippen LogP contribution in [0.4, 0.5) is 4.39 Å². The third kappa shape index (κ3) is 7.44. The molecule has 3 aromatic rings. The number of nitriles is 1. The summed E-state index contributed by atoms with van der Waals surface area (Å²) in [6.45, 7) is 9.44. The lowest BCUT2D eigenvalue weighted by Gasteiger charge is -2.32. The van der Waals surface area contributed by atoms with E-state index in [2.05, 4.69) is 16.5 Å². The van der Waals surface area contributed by atoms with E-state index in [0.29, 0.717) is 54.2 Å². The maximum atomic E-state index is 14.3. The third-order valence-electron chi connectivity index (χ3n) is 7.67. The predicted molar refractivity (Wildman–Crippen MR) is 166 cm³/mol. The Kier molecular flexibility index (Phi) is 10.7. The van der Waals surface area contributed by atoms with Crippen LogP contribution in [0.15, 0.2) is 72.5 Å². The van der Waals surface area contributed by atoms with Gasteiger partial charge in [0.25, 0.3) is 0 Å². The van der Waals surface area contributed by atoms with E-state index in [9.17, 15) is 17.6 Å². The molecule has 4 rings (SSSR count). The van der Waals surface area contributed by atoms with E-state index in [1.165, 1.54) is 23.2 Å². The van der Waals surface area contributed by atoms with Gasteiger partial charge in [-0.25, -0.2) is 26.6 Å². The Balaban J connectivity index is 1.47. The Hall–Kier alpha value is -4.27. The predicted octanol–water partition coefficient (Wildman–Crippen LogP) is 5.87. The Morgan fingerprint density at radius 1 is 1.23 bits per heavy atom. The number of hydrogen-bond acceptors (Lipinski definition) is 8. The van der Waals surface area contributed by atoms with Crippen molar-refractivity contribution in [2.75, 3.05) is 26.0 Å². The maximum Gasteiger partial charge on any atom is 0.337 e. The highest BCUT2D eigenvalue weighted by Crippen LogP contribution is 2.29. The van der Waals surface area contributed by atoms with Gasteiger partial charge in [0.15, 0.2) is 0 Å². The van der Waals surface area contributed by atoms with Crippen LogP contribution in [0, 0.1) is 23.1 Å². The Morgan fingerprint density at radius 2 is 1.98 bits per heavy atom. The van der Waals surface area contributed by atoms with E-state index >= 15 is 0 Å². The molecule has 232 valence electrons. The van der Waals surface area contributed by atoms with Crippen molar-refractivity contribution in [1.29, 1.82) is 5.26 Å². The summed E-state index contributed by atoms with van der Waals surface area (Å²) in [5.41, 5.74) is 2.74. The fourth-order valence-corrected chi connectivity index (χ4v) is 6.91. The lowest BCUT2D eigenvalue weighted by molar-refractivity contribution is 0.0601. The number of halogens is 1. The first kappa shape index (κ1) is 32.6. The van der Waals surface area contributed by atoms with Crippen LogP contribution >= 0.6 is 0 Å². The summed E-state index contributed by atoms with van der Waals surface area (Å²) in [5.74, 6) is 0.130. The van der Waals surface area contributed by atoms with Crippen LogP contribution in [0.3, 0.4) is 0 Å². The smallest absolute Gasteiger partial charge is 0.337 e. The molecule has 2 heterocycles. The van der Waals surface area contributed by atoms with E-state index in [-0.39, 0.29) is 29.4 Å². The molecule has 0 spiro atoms. The molecule has 44 heavy (non-hydrogen) atoms. The van der Waals surface area contributed by atoms with Crippen LogP contribution in [0.2, 0.25) is 0 Å². The minimum Gasteiger partial charge on any atom is -0.489 e. The van der Waals surface area contributed by atoms with Gasteiger partial charge in [-0.3, -0.25) is 4.90 Å². The average Bonchev–Trinajstić information content (AvgIpc) is 3.39. The molecule has 11 heteroatoms. The molecule has 1 fully saturated rings. The first-order chi connectivity index (χ1) is 21.1. The average molecular weight is 621 g/mol. The topological polar surface area (TPSA) is 115 Å². The highest BCUT2D eigenvalue weighted by molar-refractivity contribution is 7.90. The number of esters is 1. The molecule has 0 saturated carbocycles. The molecule has 1 saturated heterocycles. The SMILES string of the molecule is C=C/C(=C\C(=C/C)OCc1ccc(C#N)cc1F)C1CCN(Cc2nc3ccc(C(=O)OC)cc3n2S(=O)(=O)CCC)CC1. The number of likely N-dealkylation sites (tertiary alicyclic amines) is 1. The second kappa shape index (κ2) is 14.5. The number of carbonyl (C=O) groups excluding carboxylic acids is 1. The van der Waals surface area contributed by atoms with Gasteiger partial charge in [0.2, 0.25) is 10.0 Å². The van der Waals surface area contributed by atoms with Crippen LogP contribution in [0.1, 0.15) is 60.4 Å².